The van der Waals surface area contributed by atoms with Crippen LogP contribution < -0.4 is 11.1 Å². The molecule has 0 unspecified atom stereocenters. The fraction of sp³-hybridized carbons (Fsp3) is 0.250. The Hall–Kier alpha value is -2.17. The largest absolute Gasteiger partial charge is 0.370 e. The lowest BCUT2D eigenvalue weighted by Crippen LogP contribution is -2.18. The van der Waals surface area contributed by atoms with Crippen molar-refractivity contribution in [3.8, 4) is 0 Å². The maximum atomic E-state index is 11.5. The highest BCUT2D eigenvalue weighted by Gasteiger charge is 2.09. The van der Waals surface area contributed by atoms with E-state index in [0.717, 1.165) is 0 Å². The highest BCUT2D eigenvalue weighted by atomic mass is 16.2. The minimum Gasteiger partial charge on any atom is -0.370 e. The number of carbonyl (C=O) groups excluding carboxylic acids is 3. The van der Waals surface area contributed by atoms with Crippen LogP contribution in [0.2, 0.25) is 0 Å². The quantitative estimate of drug-likeness (QED) is 0.747. The molecule has 90 valence electrons. The number of nitrogens with one attached hydrogen (secondary N) is 1. The van der Waals surface area contributed by atoms with Gasteiger partial charge in [-0.15, -0.1) is 0 Å². The van der Waals surface area contributed by atoms with Crippen LogP contribution in [0.5, 0.6) is 0 Å². The molecule has 5 heteroatoms. The fourth-order valence-electron chi connectivity index (χ4n) is 1.35. The third kappa shape index (κ3) is 4.06. The van der Waals surface area contributed by atoms with E-state index in [1.165, 1.54) is 6.92 Å². The Labute approximate surface area is 99.0 Å². The number of carbonyl (C=O) groups is 3. The third-order valence-corrected chi connectivity index (χ3v) is 2.18. The number of hydrogen-bond acceptors (Lipinski definition) is 3. The van der Waals surface area contributed by atoms with Crippen molar-refractivity contribution in [3.63, 3.8) is 0 Å². The van der Waals surface area contributed by atoms with E-state index in [4.69, 9.17) is 5.73 Å². The van der Waals surface area contributed by atoms with Gasteiger partial charge in [-0.2, -0.15) is 0 Å². The van der Waals surface area contributed by atoms with Crippen molar-refractivity contribution in [3.05, 3.63) is 29.8 Å². The first-order valence-electron chi connectivity index (χ1n) is 5.19. The number of ketones is 1. The predicted molar refractivity (Wildman–Crippen MR) is 63.5 cm³/mol. The molecule has 0 aliphatic carbocycles. The molecule has 0 aromatic heterocycles. The highest BCUT2D eigenvalue weighted by molar-refractivity contribution is 6.04. The summed E-state index contributed by atoms with van der Waals surface area (Å²) in [6, 6.07) is 6.71. The number of Topliss-reactive ketones (excluding diaryl/α,β-unsaturated/α-hetero) is 1. The number of para-hydroxylation sites is 1. The van der Waals surface area contributed by atoms with Gasteiger partial charge in [-0.05, 0) is 19.1 Å². The first-order valence-corrected chi connectivity index (χ1v) is 5.19. The summed E-state index contributed by atoms with van der Waals surface area (Å²) >= 11 is 0. The van der Waals surface area contributed by atoms with Gasteiger partial charge in [0.25, 0.3) is 0 Å². The van der Waals surface area contributed by atoms with Gasteiger partial charge in [0.2, 0.25) is 11.8 Å². The Balaban J connectivity index is 2.71. The van der Waals surface area contributed by atoms with Gasteiger partial charge >= 0.3 is 0 Å². The minimum atomic E-state index is -0.528. The van der Waals surface area contributed by atoms with Crippen molar-refractivity contribution in [1.82, 2.24) is 0 Å². The molecule has 0 aliphatic heterocycles. The number of benzene rings is 1. The summed E-state index contributed by atoms with van der Waals surface area (Å²) in [4.78, 5) is 33.3. The van der Waals surface area contributed by atoms with Crippen LogP contribution in [0.1, 0.15) is 30.1 Å². The maximum Gasteiger partial charge on any atom is 0.224 e. The van der Waals surface area contributed by atoms with E-state index in [2.05, 4.69) is 5.32 Å². The first kappa shape index (κ1) is 12.9. The lowest BCUT2D eigenvalue weighted by Gasteiger charge is -2.08. The zero-order valence-corrected chi connectivity index (χ0v) is 9.53. The molecule has 0 heterocycles. The van der Waals surface area contributed by atoms with Crippen molar-refractivity contribution in [2.75, 3.05) is 5.32 Å². The number of hydrogen-bond donors (Lipinski definition) is 2. The average Bonchev–Trinajstić information content (AvgIpc) is 2.27. The van der Waals surface area contributed by atoms with Crippen LogP contribution in [0.25, 0.3) is 0 Å². The molecule has 0 saturated carbocycles. The molecule has 2 amide bonds. The van der Waals surface area contributed by atoms with Crippen LogP contribution in [0.15, 0.2) is 24.3 Å². The summed E-state index contributed by atoms with van der Waals surface area (Å²) in [5, 5.41) is 2.58. The van der Waals surface area contributed by atoms with Crippen molar-refractivity contribution < 1.29 is 14.4 Å². The zero-order valence-electron chi connectivity index (χ0n) is 9.53. The third-order valence-electron chi connectivity index (χ3n) is 2.18. The van der Waals surface area contributed by atoms with E-state index in [1.807, 2.05) is 0 Å². The highest BCUT2D eigenvalue weighted by Crippen LogP contribution is 2.15. The van der Waals surface area contributed by atoms with E-state index in [1.54, 1.807) is 24.3 Å². The smallest absolute Gasteiger partial charge is 0.224 e. The maximum absolute atomic E-state index is 11.5. The van der Waals surface area contributed by atoms with E-state index < -0.39 is 5.91 Å². The van der Waals surface area contributed by atoms with Gasteiger partial charge in [0.05, 0.1) is 5.69 Å². The van der Waals surface area contributed by atoms with Crippen molar-refractivity contribution in [1.29, 1.82) is 0 Å². The molecular weight excluding hydrogens is 220 g/mol. The monoisotopic (exact) mass is 234 g/mol. The van der Waals surface area contributed by atoms with Crippen LogP contribution in [0, 0.1) is 0 Å². The lowest BCUT2D eigenvalue weighted by atomic mass is 10.1. The normalized spacial score (nSPS) is 9.71. The molecule has 0 saturated heterocycles. The molecular formula is C12H14N2O3. The standard InChI is InChI=1S/C12H14N2O3/c1-8(15)9-4-2-3-5-10(9)14-12(17)7-6-11(13)16/h2-5H,6-7H2,1H3,(H2,13,16)(H,14,17). The summed E-state index contributed by atoms with van der Waals surface area (Å²) in [6.45, 7) is 1.42. The van der Waals surface area contributed by atoms with E-state index in [-0.39, 0.29) is 24.5 Å². The number of anilines is 1. The average molecular weight is 234 g/mol. The van der Waals surface area contributed by atoms with E-state index in [0.29, 0.717) is 11.3 Å². The molecule has 0 bridgehead atoms. The van der Waals surface area contributed by atoms with Crippen LogP contribution in [0.3, 0.4) is 0 Å². The topological polar surface area (TPSA) is 89.3 Å². The number of nitrogens with two attached hydrogens (primary N) is 1. The summed E-state index contributed by atoms with van der Waals surface area (Å²) in [5.74, 6) is -0.992. The molecule has 0 atom stereocenters. The zero-order chi connectivity index (χ0) is 12.8. The molecule has 17 heavy (non-hydrogen) atoms. The molecule has 5 nitrogen and oxygen atoms in total. The van der Waals surface area contributed by atoms with Gasteiger partial charge in [-0.3, -0.25) is 14.4 Å². The Morgan fingerprint density at radius 2 is 1.82 bits per heavy atom. The minimum absolute atomic E-state index is 0.00588. The second-order valence-electron chi connectivity index (χ2n) is 3.62. The van der Waals surface area contributed by atoms with E-state index in [9.17, 15) is 14.4 Å². The van der Waals surface area contributed by atoms with Crippen LogP contribution >= 0.6 is 0 Å². The van der Waals surface area contributed by atoms with Crippen LogP contribution in [-0.2, 0) is 9.59 Å². The molecule has 1 rings (SSSR count). The predicted octanol–water partition coefficient (Wildman–Crippen LogP) is 1.09. The van der Waals surface area contributed by atoms with Crippen molar-refractivity contribution in [2.45, 2.75) is 19.8 Å². The molecule has 0 spiro atoms. The number of rotatable bonds is 5. The molecule has 0 radical (unpaired) electrons. The Kier molecular flexibility index (Phi) is 4.39. The molecule has 0 aliphatic rings. The molecule has 1 aromatic rings. The Bertz CT molecular complexity index is 455. The number of amides is 2. The Morgan fingerprint density at radius 3 is 2.41 bits per heavy atom. The second kappa shape index (κ2) is 5.79. The van der Waals surface area contributed by atoms with Gasteiger partial charge in [0, 0.05) is 18.4 Å². The summed E-state index contributed by atoms with van der Waals surface area (Å²) in [6.07, 6.45) is 0.00957. The van der Waals surface area contributed by atoms with Crippen LogP contribution in [-0.4, -0.2) is 17.6 Å². The molecule has 3 N–H and O–H groups in total. The first-order chi connectivity index (χ1) is 8.00. The Morgan fingerprint density at radius 1 is 1.18 bits per heavy atom. The van der Waals surface area contributed by atoms with Crippen LogP contribution in [0.4, 0.5) is 5.69 Å². The van der Waals surface area contributed by atoms with Gasteiger partial charge < -0.3 is 11.1 Å². The lowest BCUT2D eigenvalue weighted by molar-refractivity contribution is -0.122. The SMILES string of the molecule is CC(=O)c1ccccc1NC(=O)CCC(N)=O. The summed E-state index contributed by atoms with van der Waals surface area (Å²) < 4.78 is 0. The number of primary amides is 1. The fourth-order valence-corrected chi connectivity index (χ4v) is 1.35. The van der Waals surface area contributed by atoms with Crippen molar-refractivity contribution in [2.24, 2.45) is 5.73 Å². The van der Waals surface area contributed by atoms with Gasteiger partial charge in [0.1, 0.15) is 0 Å². The summed E-state index contributed by atoms with van der Waals surface area (Å²) in [5.41, 5.74) is 5.84. The van der Waals surface area contributed by atoms with E-state index >= 15 is 0 Å². The summed E-state index contributed by atoms with van der Waals surface area (Å²) in [7, 11) is 0. The second-order valence-corrected chi connectivity index (χ2v) is 3.62. The molecule has 1 aromatic carbocycles. The van der Waals surface area contributed by atoms with Gasteiger partial charge in [-0.25, -0.2) is 0 Å². The van der Waals surface area contributed by atoms with Gasteiger partial charge in [0.15, 0.2) is 5.78 Å². The van der Waals surface area contributed by atoms with Crippen molar-refractivity contribution >= 4 is 23.3 Å². The van der Waals surface area contributed by atoms with Gasteiger partial charge in [-0.1, -0.05) is 12.1 Å². The molecule has 0 fully saturated rings.